The number of benzene rings is 2. The first kappa shape index (κ1) is 11.5. The van der Waals surface area contributed by atoms with Crippen LogP contribution in [0.4, 0.5) is 21.5 Å². The van der Waals surface area contributed by atoms with E-state index < -0.39 is 0 Å². The Morgan fingerprint density at radius 3 is 2.89 bits per heavy atom. The zero-order chi connectivity index (χ0) is 13.4. The van der Waals surface area contributed by atoms with E-state index in [2.05, 4.69) is 15.5 Å². The molecular formula is C14H13FN4. The minimum absolute atomic E-state index is 0.220. The zero-order valence-electron chi connectivity index (χ0n) is 10.4. The number of halogens is 1. The number of nitrogens with zero attached hydrogens (tertiary/aromatic N) is 1. The van der Waals surface area contributed by atoms with Gasteiger partial charge in [-0.3, -0.25) is 5.10 Å². The van der Waals surface area contributed by atoms with Gasteiger partial charge in [-0.2, -0.15) is 5.10 Å². The Hall–Kier alpha value is -2.56. The van der Waals surface area contributed by atoms with Crippen LogP contribution in [0.5, 0.6) is 0 Å². The third-order valence-corrected chi connectivity index (χ3v) is 3.05. The van der Waals surface area contributed by atoms with E-state index in [9.17, 15) is 4.39 Å². The van der Waals surface area contributed by atoms with Crippen LogP contribution in [-0.4, -0.2) is 10.2 Å². The summed E-state index contributed by atoms with van der Waals surface area (Å²) in [5, 5.41) is 11.0. The van der Waals surface area contributed by atoms with Gasteiger partial charge in [-0.1, -0.05) is 0 Å². The minimum Gasteiger partial charge on any atom is -0.397 e. The Bertz CT molecular complexity index is 748. The molecule has 0 aliphatic carbocycles. The summed E-state index contributed by atoms with van der Waals surface area (Å²) in [6, 6.07) is 8.58. The summed E-state index contributed by atoms with van der Waals surface area (Å²) >= 11 is 0. The van der Waals surface area contributed by atoms with Gasteiger partial charge >= 0.3 is 0 Å². The summed E-state index contributed by atoms with van der Waals surface area (Å²) < 4.78 is 13.2. The van der Waals surface area contributed by atoms with Crippen molar-refractivity contribution in [3.05, 3.63) is 47.9 Å². The van der Waals surface area contributed by atoms with Crippen molar-refractivity contribution in [2.24, 2.45) is 0 Å². The largest absolute Gasteiger partial charge is 0.397 e. The van der Waals surface area contributed by atoms with Gasteiger partial charge in [0.25, 0.3) is 0 Å². The normalized spacial score (nSPS) is 10.8. The van der Waals surface area contributed by atoms with Gasteiger partial charge in [0, 0.05) is 11.1 Å². The summed E-state index contributed by atoms with van der Waals surface area (Å²) in [4.78, 5) is 0. The second-order valence-electron chi connectivity index (χ2n) is 4.49. The quantitative estimate of drug-likeness (QED) is 0.616. The molecule has 0 spiro atoms. The highest BCUT2D eigenvalue weighted by Crippen LogP contribution is 2.28. The van der Waals surface area contributed by atoms with Crippen LogP contribution in [0.25, 0.3) is 10.9 Å². The molecule has 0 unspecified atom stereocenters. The van der Waals surface area contributed by atoms with E-state index in [4.69, 9.17) is 5.73 Å². The maximum atomic E-state index is 13.2. The van der Waals surface area contributed by atoms with Crippen LogP contribution >= 0.6 is 0 Å². The maximum absolute atomic E-state index is 13.2. The van der Waals surface area contributed by atoms with Crippen LogP contribution < -0.4 is 11.1 Å². The average Bonchev–Trinajstić information content (AvgIpc) is 2.81. The van der Waals surface area contributed by atoms with Crippen molar-refractivity contribution in [3.63, 3.8) is 0 Å². The molecule has 1 heterocycles. The first-order valence-corrected chi connectivity index (χ1v) is 5.89. The molecule has 5 heteroatoms. The number of rotatable bonds is 2. The molecule has 4 N–H and O–H groups in total. The van der Waals surface area contributed by atoms with Crippen molar-refractivity contribution >= 4 is 28.0 Å². The molecule has 0 bridgehead atoms. The molecule has 3 rings (SSSR count). The molecule has 0 fully saturated rings. The number of H-pyrrole nitrogens is 1. The lowest BCUT2D eigenvalue weighted by Crippen LogP contribution is -1.97. The molecule has 0 saturated heterocycles. The molecule has 0 amide bonds. The third-order valence-electron chi connectivity index (χ3n) is 3.05. The predicted octanol–water partition coefficient (Wildman–Crippen LogP) is 3.34. The van der Waals surface area contributed by atoms with Crippen LogP contribution in [0.3, 0.4) is 0 Å². The minimum atomic E-state index is -0.220. The Morgan fingerprint density at radius 1 is 1.26 bits per heavy atom. The Balaban J connectivity index is 1.99. The first-order chi connectivity index (χ1) is 9.13. The van der Waals surface area contributed by atoms with Crippen molar-refractivity contribution in [2.75, 3.05) is 11.1 Å². The van der Waals surface area contributed by atoms with E-state index in [1.165, 1.54) is 6.07 Å². The highest BCUT2D eigenvalue weighted by atomic mass is 19.1. The number of nitrogens with two attached hydrogens (primary N) is 1. The highest BCUT2D eigenvalue weighted by molar-refractivity contribution is 5.89. The monoisotopic (exact) mass is 256 g/mol. The lowest BCUT2D eigenvalue weighted by molar-refractivity contribution is 0.619. The smallest absolute Gasteiger partial charge is 0.126 e. The maximum Gasteiger partial charge on any atom is 0.126 e. The molecule has 0 saturated carbocycles. The van der Waals surface area contributed by atoms with Gasteiger partial charge in [-0.15, -0.1) is 0 Å². The van der Waals surface area contributed by atoms with E-state index in [0.717, 1.165) is 22.3 Å². The van der Waals surface area contributed by atoms with Crippen LogP contribution in [-0.2, 0) is 0 Å². The van der Waals surface area contributed by atoms with Crippen molar-refractivity contribution in [3.8, 4) is 0 Å². The molecule has 0 radical (unpaired) electrons. The number of aryl methyl sites for hydroxylation is 1. The standard InChI is InChI=1S/C14H13FN4/c1-8-4-10(2-3-11(8)15)18-14-6-13-9(5-12(14)16)7-17-19-13/h2-7,18H,16H2,1H3,(H,17,19). The molecule has 1 aromatic heterocycles. The van der Waals surface area contributed by atoms with E-state index in [1.54, 1.807) is 25.3 Å². The summed E-state index contributed by atoms with van der Waals surface area (Å²) in [6.45, 7) is 1.72. The molecule has 3 aromatic rings. The molecule has 19 heavy (non-hydrogen) atoms. The highest BCUT2D eigenvalue weighted by Gasteiger charge is 2.05. The fourth-order valence-electron chi connectivity index (χ4n) is 2.00. The third kappa shape index (κ3) is 2.10. The Kier molecular flexibility index (Phi) is 2.59. The lowest BCUT2D eigenvalue weighted by atomic mass is 10.1. The molecule has 2 aromatic carbocycles. The number of anilines is 3. The number of nitrogen functional groups attached to an aromatic ring is 1. The van der Waals surface area contributed by atoms with E-state index in [0.29, 0.717) is 11.3 Å². The SMILES string of the molecule is Cc1cc(Nc2cc3[nH]ncc3cc2N)ccc1F. The second kappa shape index (κ2) is 4.28. The topological polar surface area (TPSA) is 66.7 Å². The van der Waals surface area contributed by atoms with Gasteiger partial charge in [0.2, 0.25) is 0 Å². The van der Waals surface area contributed by atoms with Gasteiger partial charge < -0.3 is 11.1 Å². The van der Waals surface area contributed by atoms with Crippen LogP contribution in [0.2, 0.25) is 0 Å². The van der Waals surface area contributed by atoms with Gasteiger partial charge in [0.1, 0.15) is 5.82 Å². The van der Waals surface area contributed by atoms with Gasteiger partial charge in [0.15, 0.2) is 0 Å². The van der Waals surface area contributed by atoms with Crippen molar-refractivity contribution in [2.45, 2.75) is 6.92 Å². The van der Waals surface area contributed by atoms with E-state index >= 15 is 0 Å². The van der Waals surface area contributed by atoms with Crippen molar-refractivity contribution < 1.29 is 4.39 Å². The number of hydrogen-bond acceptors (Lipinski definition) is 3. The van der Waals surface area contributed by atoms with Crippen LogP contribution in [0, 0.1) is 12.7 Å². The molecular weight excluding hydrogens is 243 g/mol. The lowest BCUT2D eigenvalue weighted by Gasteiger charge is -2.10. The predicted molar refractivity (Wildman–Crippen MR) is 74.9 cm³/mol. The number of fused-ring (bicyclic) bond motifs is 1. The summed E-state index contributed by atoms with van der Waals surface area (Å²) in [5.74, 6) is -0.220. The van der Waals surface area contributed by atoms with Crippen molar-refractivity contribution in [1.29, 1.82) is 0 Å². The Morgan fingerprint density at radius 2 is 2.11 bits per heavy atom. The van der Waals surface area contributed by atoms with Crippen molar-refractivity contribution in [1.82, 2.24) is 10.2 Å². The van der Waals surface area contributed by atoms with Crippen LogP contribution in [0.1, 0.15) is 5.56 Å². The molecule has 4 nitrogen and oxygen atoms in total. The number of aromatic nitrogens is 2. The first-order valence-electron chi connectivity index (χ1n) is 5.89. The number of aromatic amines is 1. The molecule has 0 aliphatic heterocycles. The zero-order valence-corrected chi connectivity index (χ0v) is 10.4. The van der Waals surface area contributed by atoms with E-state index in [-0.39, 0.29) is 5.82 Å². The average molecular weight is 256 g/mol. The Labute approximate surface area is 109 Å². The van der Waals surface area contributed by atoms with Gasteiger partial charge in [-0.25, -0.2) is 4.39 Å². The number of nitrogens with one attached hydrogen (secondary N) is 2. The summed E-state index contributed by atoms with van der Waals surface area (Å²) in [5.41, 5.74) is 9.65. The fourth-order valence-corrected chi connectivity index (χ4v) is 2.00. The van der Waals surface area contributed by atoms with Crippen LogP contribution in [0.15, 0.2) is 36.5 Å². The summed E-state index contributed by atoms with van der Waals surface area (Å²) in [6.07, 6.45) is 1.72. The molecule has 0 aliphatic rings. The second-order valence-corrected chi connectivity index (χ2v) is 4.49. The molecule has 96 valence electrons. The fraction of sp³-hybridized carbons (Fsp3) is 0.0714. The van der Waals surface area contributed by atoms with Gasteiger partial charge in [-0.05, 0) is 42.8 Å². The molecule has 0 atom stereocenters. The van der Waals surface area contributed by atoms with E-state index in [1.807, 2.05) is 12.1 Å². The number of hydrogen-bond donors (Lipinski definition) is 3. The van der Waals surface area contributed by atoms with Gasteiger partial charge in [0.05, 0.1) is 23.1 Å². The summed E-state index contributed by atoms with van der Waals surface area (Å²) in [7, 11) is 0.